The molecule has 1 aliphatic heterocycles. The molecule has 0 aliphatic carbocycles. The first-order chi connectivity index (χ1) is 13.1. The minimum absolute atomic E-state index is 0.332. The molecule has 0 amide bonds. The molecule has 28 heavy (non-hydrogen) atoms. The third-order valence-electron chi connectivity index (χ3n) is 4.29. The predicted octanol–water partition coefficient (Wildman–Crippen LogP) is 5.23. The molecule has 0 aromatic heterocycles. The Morgan fingerprint density at radius 1 is 1.04 bits per heavy atom. The molecule has 0 radical (unpaired) electrons. The van der Waals surface area contributed by atoms with E-state index in [1.807, 2.05) is 0 Å². The van der Waals surface area contributed by atoms with Crippen LogP contribution in [-0.4, -0.2) is 12.7 Å². The molecular weight excluding hydrogens is 391 g/mol. The van der Waals surface area contributed by atoms with Crippen molar-refractivity contribution in [2.75, 3.05) is 11.4 Å². The summed E-state index contributed by atoms with van der Waals surface area (Å²) in [5.74, 6) is -2.90. The van der Waals surface area contributed by atoms with Crippen LogP contribution in [-0.2, 0) is 6.18 Å². The van der Waals surface area contributed by atoms with Gasteiger partial charge < -0.3 is 4.90 Å². The Morgan fingerprint density at radius 2 is 1.71 bits per heavy atom. The first-order valence-electron chi connectivity index (χ1n) is 7.69. The molecule has 2 atom stereocenters. The van der Waals surface area contributed by atoms with Crippen LogP contribution in [0.2, 0.25) is 0 Å². The zero-order valence-corrected chi connectivity index (χ0v) is 13.7. The van der Waals surface area contributed by atoms with Crippen molar-refractivity contribution in [3.63, 3.8) is 0 Å². The van der Waals surface area contributed by atoms with Crippen LogP contribution in [0.15, 0.2) is 24.3 Å². The number of hydrogen-bond donors (Lipinski definition) is 0. The van der Waals surface area contributed by atoms with Gasteiger partial charge in [-0.2, -0.15) is 23.7 Å². The summed E-state index contributed by atoms with van der Waals surface area (Å²) in [4.78, 5) is 0.815. The predicted molar refractivity (Wildman–Crippen MR) is 83.0 cm³/mol. The van der Waals surface area contributed by atoms with Gasteiger partial charge in [-0.25, -0.2) is 17.6 Å². The standard InChI is InChI=1S/C18H8F7N3/c19-9-3-8(5-26)17-10(4-9)16(22)13(20)7-28(17)14-2-1-12(18(23,24)25)15(21)11(14)6-27/h1-4,13,16H,7H2. The average molecular weight is 399 g/mol. The summed E-state index contributed by atoms with van der Waals surface area (Å²) in [6.45, 7) is -0.812. The highest BCUT2D eigenvalue weighted by molar-refractivity contribution is 5.78. The maximum atomic E-state index is 14.3. The fraction of sp³-hybridized carbons (Fsp3) is 0.222. The van der Waals surface area contributed by atoms with Crippen molar-refractivity contribution in [2.24, 2.45) is 0 Å². The van der Waals surface area contributed by atoms with Gasteiger partial charge in [0.05, 0.1) is 29.0 Å². The van der Waals surface area contributed by atoms with Gasteiger partial charge in [-0.15, -0.1) is 0 Å². The van der Waals surface area contributed by atoms with Crippen LogP contribution in [0.1, 0.15) is 28.4 Å². The van der Waals surface area contributed by atoms with Crippen LogP contribution in [0, 0.1) is 34.3 Å². The maximum Gasteiger partial charge on any atom is 0.419 e. The quantitative estimate of drug-likeness (QED) is 0.618. The van der Waals surface area contributed by atoms with E-state index in [9.17, 15) is 41.3 Å². The second-order valence-corrected chi connectivity index (χ2v) is 5.96. The molecule has 2 aromatic carbocycles. The molecule has 3 rings (SSSR count). The van der Waals surface area contributed by atoms with E-state index in [-0.39, 0.29) is 5.69 Å². The Bertz CT molecular complexity index is 1030. The molecule has 2 aromatic rings. The summed E-state index contributed by atoms with van der Waals surface area (Å²) in [5, 5.41) is 18.4. The number of nitriles is 2. The molecule has 0 saturated carbocycles. The summed E-state index contributed by atoms with van der Waals surface area (Å²) in [5.41, 5.74) is -4.58. The number of alkyl halides is 5. The van der Waals surface area contributed by atoms with Crippen LogP contribution in [0.25, 0.3) is 0 Å². The third kappa shape index (κ3) is 3.01. The van der Waals surface area contributed by atoms with Gasteiger partial charge in [0.25, 0.3) is 0 Å². The molecule has 0 N–H and O–H groups in total. The fourth-order valence-corrected chi connectivity index (χ4v) is 3.10. The van der Waals surface area contributed by atoms with Crippen LogP contribution in [0.4, 0.5) is 42.1 Å². The molecule has 0 bridgehead atoms. The second-order valence-electron chi connectivity index (χ2n) is 5.96. The molecule has 10 heteroatoms. The van der Waals surface area contributed by atoms with E-state index < -0.39 is 64.6 Å². The number of fused-ring (bicyclic) bond motifs is 1. The highest BCUT2D eigenvalue weighted by Gasteiger charge is 2.40. The van der Waals surface area contributed by atoms with Crippen molar-refractivity contribution in [2.45, 2.75) is 18.5 Å². The largest absolute Gasteiger partial charge is 0.419 e. The van der Waals surface area contributed by atoms with Crippen LogP contribution >= 0.6 is 0 Å². The normalized spacial score (nSPS) is 19.0. The molecule has 144 valence electrons. The van der Waals surface area contributed by atoms with Gasteiger partial charge in [0, 0.05) is 5.56 Å². The van der Waals surface area contributed by atoms with Gasteiger partial charge in [-0.3, -0.25) is 0 Å². The molecule has 0 spiro atoms. The van der Waals surface area contributed by atoms with Crippen molar-refractivity contribution in [3.05, 3.63) is 58.2 Å². The smallest absolute Gasteiger partial charge is 0.336 e. The van der Waals surface area contributed by atoms with Crippen molar-refractivity contribution in [1.29, 1.82) is 10.5 Å². The van der Waals surface area contributed by atoms with Gasteiger partial charge in [-0.1, -0.05) is 0 Å². The van der Waals surface area contributed by atoms with E-state index in [1.165, 1.54) is 6.07 Å². The van der Waals surface area contributed by atoms with Gasteiger partial charge in [-0.05, 0) is 24.3 Å². The maximum absolute atomic E-state index is 14.3. The SMILES string of the molecule is N#Cc1cc(F)cc2c1N(c1ccc(C(F)(F)F)c(F)c1C#N)CC(F)C2F. The Balaban J connectivity index is 2.30. The molecule has 1 heterocycles. The number of halogens is 7. The Labute approximate surface area is 153 Å². The van der Waals surface area contributed by atoms with Crippen molar-refractivity contribution < 1.29 is 30.7 Å². The van der Waals surface area contributed by atoms with Gasteiger partial charge in [0.1, 0.15) is 23.5 Å². The number of benzene rings is 2. The molecule has 0 saturated heterocycles. The van der Waals surface area contributed by atoms with Gasteiger partial charge >= 0.3 is 6.18 Å². The molecule has 2 unspecified atom stereocenters. The van der Waals surface area contributed by atoms with E-state index in [0.717, 1.165) is 17.0 Å². The van der Waals surface area contributed by atoms with Crippen LogP contribution in [0.3, 0.4) is 0 Å². The lowest BCUT2D eigenvalue weighted by Crippen LogP contribution is -2.36. The highest BCUT2D eigenvalue weighted by atomic mass is 19.4. The van der Waals surface area contributed by atoms with E-state index in [0.29, 0.717) is 12.1 Å². The van der Waals surface area contributed by atoms with Gasteiger partial charge in [0.15, 0.2) is 18.2 Å². The fourth-order valence-electron chi connectivity index (χ4n) is 3.10. The first-order valence-corrected chi connectivity index (χ1v) is 7.69. The van der Waals surface area contributed by atoms with Crippen LogP contribution in [0.5, 0.6) is 0 Å². The summed E-state index contributed by atoms with van der Waals surface area (Å²) >= 11 is 0. The Morgan fingerprint density at radius 3 is 2.29 bits per heavy atom. The number of rotatable bonds is 1. The number of hydrogen-bond acceptors (Lipinski definition) is 3. The van der Waals surface area contributed by atoms with E-state index in [4.69, 9.17) is 0 Å². The zero-order chi connectivity index (χ0) is 20.8. The van der Waals surface area contributed by atoms with Crippen molar-refractivity contribution >= 4 is 11.4 Å². The average Bonchev–Trinajstić information content (AvgIpc) is 2.62. The molecular formula is C18H8F7N3. The lowest BCUT2D eigenvalue weighted by molar-refractivity contribution is -0.140. The first kappa shape index (κ1) is 19.5. The monoisotopic (exact) mass is 399 g/mol. The van der Waals surface area contributed by atoms with Crippen LogP contribution < -0.4 is 4.90 Å². The summed E-state index contributed by atoms with van der Waals surface area (Å²) < 4.78 is 95.1. The summed E-state index contributed by atoms with van der Waals surface area (Å²) in [7, 11) is 0. The van der Waals surface area contributed by atoms with Crippen molar-refractivity contribution in [3.8, 4) is 12.1 Å². The lowest BCUT2D eigenvalue weighted by atomic mass is 9.93. The zero-order valence-electron chi connectivity index (χ0n) is 13.7. The summed E-state index contributed by atoms with van der Waals surface area (Å²) in [6, 6.07) is 5.33. The minimum Gasteiger partial charge on any atom is -0.336 e. The Hall–Kier alpha value is -3.27. The second kappa shape index (κ2) is 6.71. The molecule has 3 nitrogen and oxygen atoms in total. The number of anilines is 2. The molecule has 1 aliphatic rings. The minimum atomic E-state index is -5.08. The third-order valence-corrected chi connectivity index (χ3v) is 4.29. The van der Waals surface area contributed by atoms with E-state index in [2.05, 4.69) is 0 Å². The summed E-state index contributed by atoms with van der Waals surface area (Å²) in [6.07, 6.45) is -9.64. The van der Waals surface area contributed by atoms with E-state index >= 15 is 0 Å². The van der Waals surface area contributed by atoms with Crippen molar-refractivity contribution in [1.82, 2.24) is 0 Å². The topological polar surface area (TPSA) is 50.8 Å². The lowest BCUT2D eigenvalue weighted by Gasteiger charge is -2.36. The van der Waals surface area contributed by atoms with E-state index in [1.54, 1.807) is 6.07 Å². The Kier molecular flexibility index (Phi) is 4.67. The molecule has 0 fully saturated rings. The highest BCUT2D eigenvalue weighted by Crippen LogP contribution is 2.45. The number of nitrogens with zero attached hydrogens (tertiary/aromatic N) is 3. The van der Waals surface area contributed by atoms with Gasteiger partial charge in [0.2, 0.25) is 0 Å².